The van der Waals surface area contributed by atoms with Crippen LogP contribution in [0, 0.1) is 5.92 Å². The molecule has 0 aromatic heterocycles. The van der Waals surface area contributed by atoms with Gasteiger partial charge in [-0.1, -0.05) is 56.0 Å². The molecule has 0 spiro atoms. The summed E-state index contributed by atoms with van der Waals surface area (Å²) in [7, 11) is 0. The highest BCUT2D eigenvalue weighted by atomic mass is 16.5. The summed E-state index contributed by atoms with van der Waals surface area (Å²) in [6, 6.07) is 10.1. The van der Waals surface area contributed by atoms with Crippen molar-refractivity contribution >= 4 is 5.97 Å². The number of benzene rings is 1. The van der Waals surface area contributed by atoms with Gasteiger partial charge < -0.3 is 9.47 Å². The Morgan fingerprint density at radius 1 is 1.25 bits per heavy atom. The Hall–Kier alpha value is -2.13. The first-order valence-electron chi connectivity index (χ1n) is 8.34. The molecule has 0 fully saturated rings. The van der Waals surface area contributed by atoms with E-state index in [1.54, 1.807) is 6.08 Å². The van der Waals surface area contributed by atoms with Crippen LogP contribution in [0.5, 0.6) is 0 Å². The van der Waals surface area contributed by atoms with Crippen LogP contribution in [-0.2, 0) is 20.9 Å². The lowest BCUT2D eigenvalue weighted by Crippen LogP contribution is -2.19. The Morgan fingerprint density at radius 3 is 2.54 bits per heavy atom. The number of rotatable bonds is 11. The smallest absolute Gasteiger partial charge is 0.330 e. The molecule has 0 N–H and O–H groups in total. The highest BCUT2D eigenvalue weighted by molar-refractivity contribution is 5.81. The van der Waals surface area contributed by atoms with E-state index in [1.807, 2.05) is 25.1 Å². The first-order chi connectivity index (χ1) is 11.6. The molecule has 3 nitrogen and oxygen atoms in total. The maximum Gasteiger partial charge on any atom is 0.330 e. The lowest BCUT2D eigenvalue weighted by atomic mass is 10.00. The van der Waals surface area contributed by atoms with Crippen LogP contribution < -0.4 is 0 Å². The molecule has 0 bridgehead atoms. The minimum absolute atomic E-state index is 0.281. The average molecular weight is 328 g/mol. The van der Waals surface area contributed by atoms with Gasteiger partial charge in [-0.15, -0.1) is 6.58 Å². The van der Waals surface area contributed by atoms with E-state index in [1.165, 1.54) is 6.08 Å². The van der Waals surface area contributed by atoms with Gasteiger partial charge in [0.1, 0.15) is 6.10 Å². The fourth-order valence-electron chi connectivity index (χ4n) is 2.33. The van der Waals surface area contributed by atoms with Crippen LogP contribution in [0.4, 0.5) is 0 Å². The van der Waals surface area contributed by atoms with E-state index in [4.69, 9.17) is 9.47 Å². The molecular weight excluding hydrogens is 300 g/mol. The zero-order valence-electron chi connectivity index (χ0n) is 14.7. The van der Waals surface area contributed by atoms with Crippen molar-refractivity contribution in [2.45, 2.75) is 39.4 Å². The van der Waals surface area contributed by atoms with Crippen molar-refractivity contribution in [3.8, 4) is 0 Å². The molecule has 1 aromatic rings. The van der Waals surface area contributed by atoms with Crippen molar-refractivity contribution in [1.82, 2.24) is 0 Å². The molecule has 0 amide bonds. The average Bonchev–Trinajstić information content (AvgIpc) is 2.61. The van der Waals surface area contributed by atoms with E-state index in [9.17, 15) is 4.79 Å². The van der Waals surface area contributed by atoms with Crippen LogP contribution in [0.2, 0.25) is 0 Å². The van der Waals surface area contributed by atoms with Crippen molar-refractivity contribution in [2.24, 2.45) is 5.92 Å². The molecule has 130 valence electrons. The predicted molar refractivity (Wildman–Crippen MR) is 98.5 cm³/mol. The summed E-state index contributed by atoms with van der Waals surface area (Å²) in [6.45, 7) is 12.5. The van der Waals surface area contributed by atoms with Crippen LogP contribution in [0.3, 0.4) is 0 Å². The van der Waals surface area contributed by atoms with Crippen molar-refractivity contribution in [1.29, 1.82) is 0 Å². The van der Waals surface area contributed by atoms with Crippen LogP contribution in [0.15, 0.2) is 67.3 Å². The molecule has 0 heterocycles. The number of esters is 1. The van der Waals surface area contributed by atoms with Crippen LogP contribution >= 0.6 is 0 Å². The normalized spacial score (nSPS) is 13.8. The minimum Gasteiger partial charge on any atom is -0.454 e. The molecule has 1 aromatic carbocycles. The molecule has 24 heavy (non-hydrogen) atoms. The van der Waals surface area contributed by atoms with Gasteiger partial charge in [0.15, 0.2) is 0 Å². The zero-order chi connectivity index (χ0) is 17.8. The van der Waals surface area contributed by atoms with E-state index in [2.05, 4.69) is 38.3 Å². The summed E-state index contributed by atoms with van der Waals surface area (Å²) >= 11 is 0. The molecule has 3 heteroatoms. The summed E-state index contributed by atoms with van der Waals surface area (Å²) in [5.74, 6) is -0.133. The molecule has 0 aliphatic carbocycles. The molecule has 1 rings (SSSR count). The second-order valence-corrected chi connectivity index (χ2v) is 5.73. The van der Waals surface area contributed by atoms with Gasteiger partial charge in [-0.05, 0) is 24.5 Å². The molecule has 0 saturated heterocycles. The number of ether oxygens (including phenoxy) is 2. The van der Waals surface area contributed by atoms with Gasteiger partial charge >= 0.3 is 5.97 Å². The summed E-state index contributed by atoms with van der Waals surface area (Å²) < 4.78 is 11.2. The van der Waals surface area contributed by atoms with E-state index in [-0.39, 0.29) is 12.0 Å². The Morgan fingerprint density at radius 2 is 1.96 bits per heavy atom. The third-order valence-corrected chi connectivity index (χ3v) is 3.78. The largest absolute Gasteiger partial charge is 0.454 e. The van der Waals surface area contributed by atoms with Gasteiger partial charge in [0, 0.05) is 18.4 Å². The molecular formula is C21H28O3. The third-order valence-electron chi connectivity index (χ3n) is 3.78. The first kappa shape index (κ1) is 19.9. The van der Waals surface area contributed by atoms with E-state index in [0.29, 0.717) is 19.6 Å². The van der Waals surface area contributed by atoms with E-state index < -0.39 is 5.97 Å². The maximum absolute atomic E-state index is 11.5. The van der Waals surface area contributed by atoms with Gasteiger partial charge in [-0.3, -0.25) is 0 Å². The molecule has 0 unspecified atom stereocenters. The van der Waals surface area contributed by atoms with Crippen molar-refractivity contribution in [3.05, 3.63) is 72.9 Å². The summed E-state index contributed by atoms with van der Waals surface area (Å²) in [6.07, 6.45) is 6.33. The third kappa shape index (κ3) is 7.42. The van der Waals surface area contributed by atoms with E-state index in [0.717, 1.165) is 17.6 Å². The van der Waals surface area contributed by atoms with Gasteiger partial charge in [0.25, 0.3) is 0 Å². The van der Waals surface area contributed by atoms with Crippen molar-refractivity contribution in [3.63, 3.8) is 0 Å². The number of carbonyl (C=O) groups excluding carboxylic acids is 1. The second kappa shape index (κ2) is 11.4. The first-order valence-corrected chi connectivity index (χ1v) is 8.34. The molecule has 0 aliphatic heterocycles. The monoisotopic (exact) mass is 328 g/mol. The quantitative estimate of drug-likeness (QED) is 0.331. The summed E-state index contributed by atoms with van der Waals surface area (Å²) in [5.41, 5.74) is 2.18. The fourth-order valence-corrected chi connectivity index (χ4v) is 2.33. The van der Waals surface area contributed by atoms with Gasteiger partial charge in [-0.25, -0.2) is 4.79 Å². The lowest BCUT2D eigenvalue weighted by molar-refractivity contribution is -0.141. The summed E-state index contributed by atoms with van der Waals surface area (Å²) in [4.78, 5) is 11.5. The standard InChI is InChI=1S/C21H28O3/c1-5-11-20(24-21(22)7-3)17(4)14-18(6-2)15-23-16-19-12-9-8-10-13-19/h5,7-10,12-14,18,20H,1,3,6,11,15-16H2,2,4H3/b17-14-/t18-,20+/m0/s1. The van der Waals surface area contributed by atoms with Gasteiger partial charge in [0.05, 0.1) is 13.2 Å². The van der Waals surface area contributed by atoms with Crippen LogP contribution in [0.1, 0.15) is 32.3 Å². The number of hydrogen-bond donors (Lipinski definition) is 0. The molecule has 0 radical (unpaired) electrons. The SMILES string of the molecule is C=CC[C@@H](OC(=O)C=C)/C(C)=C\[C@H](CC)COCc1ccccc1. The molecule has 2 atom stereocenters. The Balaban J connectivity index is 2.60. The predicted octanol–water partition coefficient (Wildman–Crippen LogP) is 4.85. The molecule has 0 aliphatic rings. The Kier molecular flexibility index (Phi) is 9.47. The van der Waals surface area contributed by atoms with E-state index >= 15 is 0 Å². The van der Waals surface area contributed by atoms with Gasteiger partial charge in [0.2, 0.25) is 0 Å². The van der Waals surface area contributed by atoms with Crippen LogP contribution in [0.25, 0.3) is 0 Å². The Labute approximate surface area is 145 Å². The highest BCUT2D eigenvalue weighted by Gasteiger charge is 2.15. The summed E-state index contributed by atoms with van der Waals surface area (Å²) in [5, 5.41) is 0. The number of carbonyl (C=O) groups is 1. The molecule has 0 saturated carbocycles. The van der Waals surface area contributed by atoms with Crippen molar-refractivity contribution in [2.75, 3.05) is 6.61 Å². The van der Waals surface area contributed by atoms with Crippen molar-refractivity contribution < 1.29 is 14.3 Å². The maximum atomic E-state index is 11.5. The minimum atomic E-state index is -0.414. The van der Waals surface area contributed by atoms with Crippen LogP contribution in [-0.4, -0.2) is 18.7 Å². The highest BCUT2D eigenvalue weighted by Crippen LogP contribution is 2.17. The Bertz CT molecular complexity index is 545. The number of hydrogen-bond acceptors (Lipinski definition) is 3. The zero-order valence-corrected chi connectivity index (χ0v) is 14.7. The topological polar surface area (TPSA) is 35.5 Å². The van der Waals surface area contributed by atoms with Gasteiger partial charge in [-0.2, -0.15) is 0 Å². The second-order valence-electron chi connectivity index (χ2n) is 5.73. The lowest BCUT2D eigenvalue weighted by Gasteiger charge is -2.19. The fraction of sp³-hybridized carbons (Fsp3) is 0.381.